The van der Waals surface area contributed by atoms with E-state index in [9.17, 15) is 9.90 Å². The molecule has 0 saturated carbocycles. The van der Waals surface area contributed by atoms with Crippen molar-refractivity contribution in [2.75, 3.05) is 12.4 Å². The topological polar surface area (TPSA) is 58.6 Å². The Morgan fingerprint density at radius 3 is 2.59 bits per heavy atom. The molecule has 0 radical (unpaired) electrons. The van der Waals surface area contributed by atoms with Crippen LogP contribution in [0.4, 0.5) is 5.69 Å². The summed E-state index contributed by atoms with van der Waals surface area (Å²) in [6.45, 7) is 1.77. The number of methoxy groups -OCH3 is 1. The molecule has 2 aromatic rings. The fraction of sp³-hybridized carbons (Fsp3) is 0.278. The summed E-state index contributed by atoms with van der Waals surface area (Å²) < 4.78 is 5.15. The van der Waals surface area contributed by atoms with Gasteiger partial charge in [0.25, 0.3) is 0 Å². The van der Waals surface area contributed by atoms with Crippen LogP contribution in [0.15, 0.2) is 48.5 Å². The van der Waals surface area contributed by atoms with Crippen LogP contribution >= 0.6 is 0 Å². The highest BCUT2D eigenvalue weighted by Crippen LogP contribution is 2.23. The van der Waals surface area contributed by atoms with Crippen molar-refractivity contribution in [1.29, 1.82) is 0 Å². The van der Waals surface area contributed by atoms with Crippen LogP contribution in [-0.4, -0.2) is 18.1 Å². The first-order chi connectivity index (χ1) is 10.6. The molecule has 1 amide bonds. The van der Waals surface area contributed by atoms with Crippen molar-refractivity contribution in [3.05, 3.63) is 59.7 Å². The van der Waals surface area contributed by atoms with Crippen molar-refractivity contribution in [1.82, 2.24) is 0 Å². The van der Waals surface area contributed by atoms with Gasteiger partial charge in [0, 0.05) is 17.2 Å². The van der Waals surface area contributed by atoms with Gasteiger partial charge >= 0.3 is 0 Å². The van der Waals surface area contributed by atoms with Crippen molar-refractivity contribution >= 4 is 11.6 Å². The van der Waals surface area contributed by atoms with E-state index in [1.165, 1.54) is 0 Å². The summed E-state index contributed by atoms with van der Waals surface area (Å²) in [7, 11) is 1.55. The molecule has 0 fully saturated rings. The van der Waals surface area contributed by atoms with Crippen molar-refractivity contribution in [2.24, 2.45) is 5.92 Å². The third kappa shape index (κ3) is 4.09. The lowest BCUT2D eigenvalue weighted by molar-refractivity contribution is -0.119. The Labute approximate surface area is 130 Å². The van der Waals surface area contributed by atoms with E-state index in [1.54, 1.807) is 25.3 Å². The molecule has 4 heteroatoms. The lowest BCUT2D eigenvalue weighted by Crippen LogP contribution is -2.22. The SMILES string of the molecule is COc1ccc(NC(=O)C(C)Cc2ccccc2)cc1CO. The molecule has 0 aliphatic rings. The maximum absolute atomic E-state index is 12.3. The highest BCUT2D eigenvalue weighted by atomic mass is 16.5. The minimum absolute atomic E-state index is 0.0436. The van der Waals surface area contributed by atoms with E-state index in [1.807, 2.05) is 37.3 Å². The predicted molar refractivity (Wildman–Crippen MR) is 86.9 cm³/mol. The zero-order chi connectivity index (χ0) is 15.9. The second-order valence-corrected chi connectivity index (χ2v) is 5.26. The maximum atomic E-state index is 12.3. The molecule has 116 valence electrons. The number of amides is 1. The van der Waals surface area contributed by atoms with Gasteiger partial charge in [0.05, 0.1) is 13.7 Å². The molecule has 2 aromatic carbocycles. The Bertz CT molecular complexity index is 625. The van der Waals surface area contributed by atoms with Gasteiger partial charge in [-0.3, -0.25) is 4.79 Å². The Kier molecular flexibility index (Phi) is 5.55. The standard InChI is InChI=1S/C18H21NO3/c1-13(10-14-6-4-3-5-7-14)18(21)19-16-8-9-17(22-2)15(11-16)12-20/h3-9,11,13,20H,10,12H2,1-2H3,(H,19,21). The van der Waals surface area contributed by atoms with E-state index >= 15 is 0 Å². The molecular formula is C18H21NO3. The minimum atomic E-state index is -0.137. The number of aliphatic hydroxyl groups is 1. The molecule has 2 rings (SSSR count). The van der Waals surface area contributed by atoms with Crippen LogP contribution in [0.2, 0.25) is 0 Å². The first kappa shape index (κ1) is 16.0. The van der Waals surface area contributed by atoms with E-state index in [4.69, 9.17) is 4.74 Å². The van der Waals surface area contributed by atoms with Gasteiger partial charge in [-0.05, 0) is 30.2 Å². The van der Waals surface area contributed by atoms with Crippen LogP contribution in [-0.2, 0) is 17.8 Å². The molecule has 0 spiro atoms. The Morgan fingerprint density at radius 2 is 1.95 bits per heavy atom. The number of aliphatic hydroxyl groups excluding tert-OH is 1. The number of carbonyl (C=O) groups is 1. The molecular weight excluding hydrogens is 278 g/mol. The van der Waals surface area contributed by atoms with Crippen molar-refractivity contribution < 1.29 is 14.6 Å². The van der Waals surface area contributed by atoms with Gasteiger partial charge in [0.1, 0.15) is 5.75 Å². The van der Waals surface area contributed by atoms with Gasteiger partial charge in [0.15, 0.2) is 0 Å². The first-order valence-electron chi connectivity index (χ1n) is 7.26. The smallest absolute Gasteiger partial charge is 0.227 e. The molecule has 1 atom stereocenters. The van der Waals surface area contributed by atoms with Crippen LogP contribution < -0.4 is 10.1 Å². The monoisotopic (exact) mass is 299 g/mol. The van der Waals surface area contributed by atoms with Crippen LogP contribution in [0, 0.1) is 5.92 Å². The molecule has 0 saturated heterocycles. The second kappa shape index (κ2) is 7.61. The van der Waals surface area contributed by atoms with Gasteiger partial charge in [-0.1, -0.05) is 37.3 Å². The Morgan fingerprint density at radius 1 is 1.23 bits per heavy atom. The highest BCUT2D eigenvalue weighted by molar-refractivity contribution is 5.92. The third-order valence-corrected chi connectivity index (χ3v) is 3.55. The largest absolute Gasteiger partial charge is 0.496 e. The number of hydrogen-bond donors (Lipinski definition) is 2. The molecule has 1 unspecified atom stereocenters. The fourth-order valence-corrected chi connectivity index (χ4v) is 2.31. The average molecular weight is 299 g/mol. The fourth-order valence-electron chi connectivity index (χ4n) is 2.31. The van der Waals surface area contributed by atoms with E-state index in [2.05, 4.69) is 5.32 Å². The summed E-state index contributed by atoms with van der Waals surface area (Å²) in [6.07, 6.45) is 0.690. The minimum Gasteiger partial charge on any atom is -0.496 e. The summed E-state index contributed by atoms with van der Waals surface area (Å²) in [5.41, 5.74) is 2.45. The van der Waals surface area contributed by atoms with Crippen LogP contribution in [0.1, 0.15) is 18.1 Å². The molecule has 4 nitrogen and oxygen atoms in total. The Hall–Kier alpha value is -2.33. The number of nitrogens with one attached hydrogen (secondary N) is 1. The lowest BCUT2D eigenvalue weighted by Gasteiger charge is -2.14. The molecule has 0 bridgehead atoms. The quantitative estimate of drug-likeness (QED) is 0.862. The van der Waals surface area contributed by atoms with Crippen LogP contribution in [0.5, 0.6) is 5.75 Å². The summed E-state index contributed by atoms with van der Waals surface area (Å²) >= 11 is 0. The predicted octanol–water partition coefficient (Wildman–Crippen LogP) is 3.00. The number of hydrogen-bond acceptors (Lipinski definition) is 3. The van der Waals surface area contributed by atoms with Crippen molar-refractivity contribution in [2.45, 2.75) is 20.0 Å². The van der Waals surface area contributed by atoms with Crippen LogP contribution in [0.3, 0.4) is 0 Å². The molecule has 2 N–H and O–H groups in total. The number of benzene rings is 2. The number of ether oxygens (including phenoxy) is 1. The van der Waals surface area contributed by atoms with Gasteiger partial charge in [-0.2, -0.15) is 0 Å². The first-order valence-corrected chi connectivity index (χ1v) is 7.26. The lowest BCUT2D eigenvalue weighted by atomic mass is 10.0. The zero-order valence-corrected chi connectivity index (χ0v) is 12.9. The molecule has 0 heterocycles. The van der Waals surface area contributed by atoms with E-state index in [0.29, 0.717) is 23.4 Å². The molecule has 22 heavy (non-hydrogen) atoms. The number of rotatable bonds is 6. The van der Waals surface area contributed by atoms with Crippen LogP contribution in [0.25, 0.3) is 0 Å². The Balaban J connectivity index is 2.02. The molecule has 0 aliphatic carbocycles. The molecule has 0 aromatic heterocycles. The van der Waals surface area contributed by atoms with Gasteiger partial charge in [0.2, 0.25) is 5.91 Å². The van der Waals surface area contributed by atoms with Gasteiger partial charge in [-0.25, -0.2) is 0 Å². The highest BCUT2D eigenvalue weighted by Gasteiger charge is 2.14. The van der Waals surface area contributed by atoms with E-state index in [0.717, 1.165) is 5.56 Å². The number of anilines is 1. The van der Waals surface area contributed by atoms with Crippen molar-refractivity contribution in [3.63, 3.8) is 0 Å². The summed E-state index contributed by atoms with van der Waals surface area (Å²) in [4.78, 5) is 12.3. The van der Waals surface area contributed by atoms with E-state index in [-0.39, 0.29) is 18.4 Å². The van der Waals surface area contributed by atoms with Gasteiger partial charge in [-0.15, -0.1) is 0 Å². The summed E-state index contributed by atoms with van der Waals surface area (Å²) in [5, 5.41) is 12.2. The van der Waals surface area contributed by atoms with E-state index < -0.39 is 0 Å². The normalized spacial score (nSPS) is 11.8. The second-order valence-electron chi connectivity index (χ2n) is 5.26. The van der Waals surface area contributed by atoms with Gasteiger partial charge < -0.3 is 15.2 Å². The average Bonchev–Trinajstić information content (AvgIpc) is 2.55. The third-order valence-electron chi connectivity index (χ3n) is 3.55. The summed E-state index contributed by atoms with van der Waals surface area (Å²) in [6, 6.07) is 15.2. The number of carbonyl (C=O) groups excluding carboxylic acids is 1. The zero-order valence-electron chi connectivity index (χ0n) is 12.9. The molecule has 0 aliphatic heterocycles. The maximum Gasteiger partial charge on any atom is 0.227 e. The van der Waals surface area contributed by atoms with Crippen molar-refractivity contribution in [3.8, 4) is 5.75 Å². The summed E-state index contributed by atoms with van der Waals surface area (Å²) in [5.74, 6) is 0.429.